The van der Waals surface area contributed by atoms with Gasteiger partial charge in [0.15, 0.2) is 0 Å². The molecule has 1 aromatic rings. The molecule has 140 valence electrons. The Morgan fingerprint density at radius 2 is 1.88 bits per heavy atom. The molecule has 5 nitrogen and oxygen atoms in total. The van der Waals surface area contributed by atoms with E-state index in [9.17, 15) is 13.2 Å². The minimum atomic E-state index is -3.83. The molecule has 25 heavy (non-hydrogen) atoms. The third-order valence-corrected chi connectivity index (χ3v) is 6.69. The zero-order valence-corrected chi connectivity index (χ0v) is 16.8. The summed E-state index contributed by atoms with van der Waals surface area (Å²) < 4.78 is 27.8. The second-order valence-electron chi connectivity index (χ2n) is 6.53. The Labute approximate surface area is 159 Å². The highest BCUT2D eigenvalue weighted by Gasteiger charge is 2.25. The van der Waals surface area contributed by atoms with E-state index in [0.29, 0.717) is 6.42 Å². The van der Waals surface area contributed by atoms with Crippen LogP contribution in [-0.4, -0.2) is 26.4 Å². The van der Waals surface area contributed by atoms with Crippen LogP contribution in [0.5, 0.6) is 0 Å². The number of hydrogen-bond acceptors (Lipinski definition) is 3. The molecule has 8 heteroatoms. The SMILES string of the molecule is CCC[C@@H](C)NS(=O)(=O)c1cc(C(=O)NC2CCCC2)c(Cl)cc1Cl. The minimum Gasteiger partial charge on any atom is -0.349 e. The topological polar surface area (TPSA) is 75.3 Å². The summed E-state index contributed by atoms with van der Waals surface area (Å²) in [6.07, 6.45) is 5.58. The van der Waals surface area contributed by atoms with E-state index in [0.717, 1.165) is 32.1 Å². The van der Waals surface area contributed by atoms with Gasteiger partial charge in [0, 0.05) is 12.1 Å². The van der Waals surface area contributed by atoms with E-state index in [1.54, 1.807) is 6.92 Å². The summed E-state index contributed by atoms with van der Waals surface area (Å²) in [6.45, 7) is 3.77. The Balaban J connectivity index is 2.28. The molecule has 0 saturated heterocycles. The van der Waals surface area contributed by atoms with Crippen LogP contribution in [0, 0.1) is 0 Å². The van der Waals surface area contributed by atoms with Gasteiger partial charge in [-0.05, 0) is 38.3 Å². The van der Waals surface area contributed by atoms with Crippen LogP contribution in [0.25, 0.3) is 0 Å². The number of benzene rings is 1. The molecular weight excluding hydrogens is 383 g/mol. The zero-order chi connectivity index (χ0) is 18.6. The predicted octanol–water partition coefficient (Wildman–Crippen LogP) is 4.13. The normalized spacial score (nSPS) is 16.8. The Bertz CT molecular complexity index is 732. The summed E-state index contributed by atoms with van der Waals surface area (Å²) in [4.78, 5) is 12.4. The van der Waals surface area contributed by atoms with E-state index >= 15 is 0 Å². The number of rotatable bonds is 7. The second kappa shape index (κ2) is 8.71. The maximum absolute atomic E-state index is 12.6. The van der Waals surface area contributed by atoms with Crippen LogP contribution < -0.4 is 10.0 Å². The van der Waals surface area contributed by atoms with Crippen LogP contribution in [-0.2, 0) is 10.0 Å². The van der Waals surface area contributed by atoms with Crippen molar-refractivity contribution < 1.29 is 13.2 Å². The van der Waals surface area contributed by atoms with Gasteiger partial charge in [-0.1, -0.05) is 49.4 Å². The van der Waals surface area contributed by atoms with Crippen molar-refractivity contribution in [2.75, 3.05) is 0 Å². The monoisotopic (exact) mass is 406 g/mol. The standard InChI is InChI=1S/C17H24Cl2N2O3S/c1-3-6-11(2)21-25(23,24)16-9-13(14(18)10-15(16)19)17(22)20-12-7-4-5-8-12/h9-12,21H,3-8H2,1-2H3,(H,20,22)/t11-/m1/s1. The molecule has 0 spiro atoms. The predicted molar refractivity (Wildman–Crippen MR) is 101 cm³/mol. The molecule has 2 rings (SSSR count). The number of hydrogen-bond donors (Lipinski definition) is 2. The van der Waals surface area contributed by atoms with Gasteiger partial charge in [-0.15, -0.1) is 0 Å². The highest BCUT2D eigenvalue weighted by atomic mass is 35.5. The van der Waals surface area contributed by atoms with E-state index in [4.69, 9.17) is 23.2 Å². The molecule has 0 radical (unpaired) electrons. The molecule has 0 bridgehead atoms. The van der Waals surface area contributed by atoms with E-state index < -0.39 is 10.0 Å². The smallest absolute Gasteiger partial charge is 0.253 e. The molecule has 1 atom stereocenters. The molecule has 1 aromatic carbocycles. The molecule has 1 aliphatic carbocycles. The van der Waals surface area contributed by atoms with Crippen LogP contribution >= 0.6 is 23.2 Å². The minimum absolute atomic E-state index is 0.00128. The van der Waals surface area contributed by atoms with Crippen LogP contribution in [0.2, 0.25) is 10.0 Å². The van der Waals surface area contributed by atoms with Crippen LogP contribution in [0.3, 0.4) is 0 Å². The third kappa shape index (κ3) is 5.33. The molecule has 0 aromatic heterocycles. The summed E-state index contributed by atoms with van der Waals surface area (Å²) in [7, 11) is -3.83. The molecule has 0 heterocycles. The lowest BCUT2D eigenvalue weighted by atomic mass is 10.2. The van der Waals surface area contributed by atoms with E-state index in [2.05, 4.69) is 10.0 Å². The first-order valence-corrected chi connectivity index (χ1v) is 10.8. The Kier molecular flexibility index (Phi) is 7.14. The van der Waals surface area contributed by atoms with Gasteiger partial charge in [0.05, 0.1) is 15.6 Å². The first kappa shape index (κ1) is 20.5. The first-order chi connectivity index (χ1) is 11.7. The fourth-order valence-corrected chi connectivity index (χ4v) is 5.20. The maximum Gasteiger partial charge on any atom is 0.253 e. The Hall–Kier alpha value is -0.820. The van der Waals surface area contributed by atoms with Gasteiger partial charge >= 0.3 is 0 Å². The number of carbonyl (C=O) groups excluding carboxylic acids is 1. The van der Waals surface area contributed by atoms with Gasteiger partial charge < -0.3 is 5.32 Å². The van der Waals surface area contributed by atoms with Gasteiger partial charge in [-0.25, -0.2) is 13.1 Å². The zero-order valence-electron chi connectivity index (χ0n) is 14.4. The lowest BCUT2D eigenvalue weighted by Gasteiger charge is -2.17. The van der Waals surface area contributed by atoms with Gasteiger partial charge in [0.2, 0.25) is 10.0 Å². The molecule has 1 aliphatic rings. The maximum atomic E-state index is 12.6. The average molecular weight is 407 g/mol. The van der Waals surface area contributed by atoms with Crippen molar-refractivity contribution in [2.24, 2.45) is 0 Å². The molecule has 1 fully saturated rings. The van der Waals surface area contributed by atoms with E-state index in [1.807, 2.05) is 6.92 Å². The summed E-state index contributed by atoms with van der Waals surface area (Å²) in [5.74, 6) is -0.369. The molecule has 1 saturated carbocycles. The van der Waals surface area contributed by atoms with Crippen LogP contribution in [0.4, 0.5) is 0 Å². The largest absolute Gasteiger partial charge is 0.349 e. The molecule has 1 amide bonds. The number of halogens is 2. The first-order valence-electron chi connectivity index (χ1n) is 8.56. The Morgan fingerprint density at radius 3 is 2.48 bits per heavy atom. The summed E-state index contributed by atoms with van der Waals surface area (Å²) in [5, 5.41) is 3.05. The third-order valence-electron chi connectivity index (χ3n) is 4.32. The summed E-state index contributed by atoms with van der Waals surface area (Å²) in [6, 6.07) is 2.46. The number of sulfonamides is 1. The molecule has 0 aliphatic heterocycles. The number of amides is 1. The number of carbonyl (C=O) groups is 1. The van der Waals surface area contributed by atoms with Gasteiger partial charge in [0.25, 0.3) is 5.91 Å². The average Bonchev–Trinajstić information content (AvgIpc) is 2.99. The fraction of sp³-hybridized carbons (Fsp3) is 0.588. The Morgan fingerprint density at radius 1 is 1.24 bits per heavy atom. The van der Waals surface area contributed by atoms with Crippen molar-refractivity contribution in [3.05, 3.63) is 27.7 Å². The van der Waals surface area contributed by atoms with Crippen molar-refractivity contribution >= 4 is 39.1 Å². The number of nitrogens with one attached hydrogen (secondary N) is 2. The van der Waals surface area contributed by atoms with Crippen LogP contribution in [0.15, 0.2) is 17.0 Å². The van der Waals surface area contributed by atoms with Crippen molar-refractivity contribution in [3.63, 3.8) is 0 Å². The summed E-state index contributed by atoms with van der Waals surface area (Å²) in [5.41, 5.74) is 0.126. The summed E-state index contributed by atoms with van der Waals surface area (Å²) >= 11 is 12.2. The van der Waals surface area contributed by atoms with Gasteiger partial charge in [-0.2, -0.15) is 0 Å². The molecular formula is C17H24Cl2N2O3S. The van der Waals surface area contributed by atoms with E-state index in [1.165, 1.54) is 12.1 Å². The van der Waals surface area contributed by atoms with Crippen molar-refractivity contribution in [3.8, 4) is 0 Å². The molecule has 0 unspecified atom stereocenters. The second-order valence-corrected chi connectivity index (χ2v) is 9.03. The highest BCUT2D eigenvalue weighted by Crippen LogP contribution is 2.29. The lowest BCUT2D eigenvalue weighted by Crippen LogP contribution is -2.34. The van der Waals surface area contributed by atoms with Crippen LogP contribution in [0.1, 0.15) is 62.7 Å². The van der Waals surface area contributed by atoms with Crippen molar-refractivity contribution in [2.45, 2.75) is 69.4 Å². The van der Waals surface area contributed by atoms with Gasteiger partial charge in [-0.3, -0.25) is 4.79 Å². The van der Waals surface area contributed by atoms with Gasteiger partial charge in [0.1, 0.15) is 4.90 Å². The highest BCUT2D eigenvalue weighted by molar-refractivity contribution is 7.89. The van der Waals surface area contributed by atoms with Crippen molar-refractivity contribution in [1.82, 2.24) is 10.0 Å². The van der Waals surface area contributed by atoms with E-state index in [-0.39, 0.29) is 38.5 Å². The van der Waals surface area contributed by atoms with Crippen molar-refractivity contribution in [1.29, 1.82) is 0 Å². The quantitative estimate of drug-likeness (QED) is 0.714. The lowest BCUT2D eigenvalue weighted by molar-refractivity contribution is 0.0938. The fourth-order valence-electron chi connectivity index (χ4n) is 3.06. The molecule has 2 N–H and O–H groups in total.